The quantitative estimate of drug-likeness (QED) is 0.0321. The Kier molecular flexibility index (Phi) is 51.9. The summed E-state index contributed by atoms with van der Waals surface area (Å²) in [6.07, 6.45) is 62.5. The molecule has 0 fully saturated rings. The first-order valence-corrected chi connectivity index (χ1v) is 29.1. The molecular weight excluding hydrogens is 803 g/mol. The van der Waals surface area contributed by atoms with Crippen molar-refractivity contribution < 1.29 is 24.5 Å². The van der Waals surface area contributed by atoms with Crippen LogP contribution < -0.4 is 5.32 Å². The molecule has 0 spiro atoms. The second-order valence-corrected chi connectivity index (χ2v) is 20.0. The van der Waals surface area contributed by atoms with Crippen LogP contribution in [0.15, 0.2) is 24.3 Å². The van der Waals surface area contributed by atoms with E-state index in [1.807, 2.05) is 0 Å². The number of nitrogens with one attached hydrogen (secondary N) is 1. The molecule has 0 bridgehead atoms. The van der Waals surface area contributed by atoms with Crippen molar-refractivity contribution in [3.05, 3.63) is 24.3 Å². The van der Waals surface area contributed by atoms with Gasteiger partial charge in [0.2, 0.25) is 5.91 Å². The van der Waals surface area contributed by atoms with Crippen LogP contribution in [-0.4, -0.2) is 46.9 Å². The number of esters is 1. The first kappa shape index (κ1) is 63.3. The molecule has 0 heterocycles. The van der Waals surface area contributed by atoms with E-state index in [1.165, 1.54) is 218 Å². The number of aliphatic hydroxyl groups is 2. The molecule has 0 aliphatic rings. The highest BCUT2D eigenvalue weighted by Crippen LogP contribution is 2.18. The maximum Gasteiger partial charge on any atom is 0.306 e. The van der Waals surface area contributed by atoms with Crippen LogP contribution in [-0.2, 0) is 14.3 Å². The summed E-state index contributed by atoms with van der Waals surface area (Å²) < 4.78 is 5.94. The fraction of sp³-hybridized carbons (Fsp3) is 0.898. The van der Waals surface area contributed by atoms with Gasteiger partial charge in [-0.3, -0.25) is 9.59 Å². The molecule has 0 aromatic carbocycles. The lowest BCUT2D eigenvalue weighted by Gasteiger charge is -2.24. The zero-order valence-electron chi connectivity index (χ0n) is 43.9. The Balaban J connectivity index is 4.44. The summed E-state index contributed by atoms with van der Waals surface area (Å²) in [4.78, 5) is 26.2. The minimum Gasteiger partial charge on any atom is -0.462 e. The Labute approximate surface area is 405 Å². The molecule has 6 nitrogen and oxygen atoms in total. The van der Waals surface area contributed by atoms with Crippen molar-refractivity contribution >= 4 is 11.9 Å². The van der Waals surface area contributed by atoms with E-state index in [-0.39, 0.29) is 24.9 Å². The molecule has 0 aromatic heterocycles. The van der Waals surface area contributed by atoms with Gasteiger partial charge >= 0.3 is 5.97 Å². The lowest BCUT2D eigenvalue weighted by molar-refractivity contribution is -0.151. The third-order valence-electron chi connectivity index (χ3n) is 13.5. The minimum atomic E-state index is -0.792. The molecule has 3 atom stereocenters. The lowest BCUT2D eigenvalue weighted by atomic mass is 10.0. The van der Waals surface area contributed by atoms with Gasteiger partial charge in [-0.05, 0) is 70.6 Å². The van der Waals surface area contributed by atoms with Crippen LogP contribution in [0.2, 0.25) is 0 Å². The topological polar surface area (TPSA) is 95.9 Å². The van der Waals surface area contributed by atoms with Gasteiger partial charge in [0.15, 0.2) is 0 Å². The molecule has 3 N–H and O–H groups in total. The van der Waals surface area contributed by atoms with E-state index in [2.05, 4.69) is 50.4 Å². The van der Waals surface area contributed by atoms with Crippen molar-refractivity contribution in [2.24, 2.45) is 0 Å². The first-order valence-electron chi connectivity index (χ1n) is 29.1. The molecule has 65 heavy (non-hydrogen) atoms. The smallest absolute Gasteiger partial charge is 0.306 e. The fourth-order valence-electron chi connectivity index (χ4n) is 9.08. The molecule has 0 rings (SSSR count). The van der Waals surface area contributed by atoms with Gasteiger partial charge in [0.25, 0.3) is 0 Å². The predicted molar refractivity (Wildman–Crippen MR) is 283 cm³/mol. The van der Waals surface area contributed by atoms with Gasteiger partial charge in [-0.1, -0.05) is 257 Å². The first-order chi connectivity index (χ1) is 32.0. The average molecular weight is 917 g/mol. The van der Waals surface area contributed by atoms with E-state index >= 15 is 0 Å². The molecule has 0 aliphatic heterocycles. The van der Waals surface area contributed by atoms with Crippen molar-refractivity contribution in [1.29, 1.82) is 0 Å². The molecule has 0 radical (unpaired) electrons. The molecule has 3 unspecified atom stereocenters. The van der Waals surface area contributed by atoms with Gasteiger partial charge in [0.05, 0.1) is 25.2 Å². The monoisotopic (exact) mass is 916 g/mol. The number of rotatable bonds is 53. The summed E-state index contributed by atoms with van der Waals surface area (Å²) in [6.45, 7) is 6.50. The second-order valence-electron chi connectivity index (χ2n) is 20.0. The van der Waals surface area contributed by atoms with Crippen LogP contribution in [0.4, 0.5) is 0 Å². The van der Waals surface area contributed by atoms with Gasteiger partial charge in [0, 0.05) is 6.42 Å². The summed E-state index contributed by atoms with van der Waals surface area (Å²) in [5.41, 5.74) is 0. The molecule has 0 aromatic rings. The summed E-state index contributed by atoms with van der Waals surface area (Å²) in [5.74, 6) is -0.490. The SMILES string of the molecule is CCCCCCCC/C=C\CCCC(CC(=O)NC(CO)C(O)CCCCCCCCCCCCCCCCCC)OC(=O)CCCCCCCCCCC/C=C/CCCCCCCC. The van der Waals surface area contributed by atoms with Gasteiger partial charge in [-0.15, -0.1) is 0 Å². The molecular formula is C59H113NO5. The minimum absolute atomic E-state index is 0.0605. The van der Waals surface area contributed by atoms with E-state index in [4.69, 9.17) is 4.74 Å². The number of carbonyl (C=O) groups is 2. The summed E-state index contributed by atoms with van der Waals surface area (Å²) in [6, 6.07) is -0.707. The van der Waals surface area contributed by atoms with E-state index in [0.29, 0.717) is 19.3 Å². The van der Waals surface area contributed by atoms with Crippen molar-refractivity contribution in [1.82, 2.24) is 5.32 Å². The standard InChI is InChI=1S/C59H113NO5/c1-4-7-10-13-16-19-22-24-26-28-29-30-32-34-37-40-43-46-49-52-59(64)65-55(50-47-44-41-38-35-21-18-15-12-9-6-3)53-58(63)60-56(54-61)57(62)51-48-45-42-39-36-33-31-27-25-23-20-17-14-11-8-5-2/h24,26,38,41,55-57,61-62H,4-23,25,27-37,39-40,42-54H2,1-3H3,(H,60,63)/b26-24+,41-38-. The third kappa shape index (κ3) is 48.6. The number of ether oxygens (including phenoxy) is 1. The second kappa shape index (κ2) is 53.3. The molecule has 1 amide bonds. The molecule has 384 valence electrons. The van der Waals surface area contributed by atoms with E-state index in [0.717, 1.165) is 51.4 Å². The van der Waals surface area contributed by atoms with Gasteiger partial charge < -0.3 is 20.3 Å². The van der Waals surface area contributed by atoms with E-state index < -0.39 is 18.2 Å². The third-order valence-corrected chi connectivity index (χ3v) is 13.5. The van der Waals surface area contributed by atoms with Crippen LogP contribution in [0.3, 0.4) is 0 Å². The molecule has 0 saturated heterocycles. The van der Waals surface area contributed by atoms with Crippen LogP contribution in [0.25, 0.3) is 0 Å². The Hall–Kier alpha value is -1.66. The number of amides is 1. The number of aliphatic hydroxyl groups excluding tert-OH is 2. The highest BCUT2D eigenvalue weighted by molar-refractivity contribution is 5.77. The summed E-state index contributed by atoms with van der Waals surface area (Å²) >= 11 is 0. The normalized spacial score (nSPS) is 13.2. The average Bonchev–Trinajstić information content (AvgIpc) is 3.30. The van der Waals surface area contributed by atoms with Crippen LogP contribution in [0.5, 0.6) is 0 Å². The number of hydrogen-bond donors (Lipinski definition) is 3. The van der Waals surface area contributed by atoms with Gasteiger partial charge in [-0.25, -0.2) is 0 Å². The fourth-order valence-corrected chi connectivity index (χ4v) is 9.08. The number of allylic oxidation sites excluding steroid dienone is 4. The highest BCUT2D eigenvalue weighted by atomic mass is 16.5. The maximum atomic E-state index is 13.2. The molecule has 6 heteroatoms. The van der Waals surface area contributed by atoms with Crippen LogP contribution in [0, 0.1) is 0 Å². The molecule has 0 aliphatic carbocycles. The predicted octanol–water partition coefficient (Wildman–Crippen LogP) is 17.9. The van der Waals surface area contributed by atoms with Crippen molar-refractivity contribution in [2.45, 2.75) is 334 Å². The van der Waals surface area contributed by atoms with Crippen LogP contribution in [0.1, 0.15) is 316 Å². The van der Waals surface area contributed by atoms with Gasteiger partial charge in [-0.2, -0.15) is 0 Å². The van der Waals surface area contributed by atoms with Gasteiger partial charge in [0.1, 0.15) is 6.10 Å². The maximum absolute atomic E-state index is 13.2. The zero-order valence-corrected chi connectivity index (χ0v) is 43.9. The number of unbranched alkanes of at least 4 members (excludes halogenated alkanes) is 37. The Bertz CT molecular complexity index is 1030. The van der Waals surface area contributed by atoms with E-state index in [1.54, 1.807) is 0 Å². The van der Waals surface area contributed by atoms with Crippen molar-refractivity contribution in [3.63, 3.8) is 0 Å². The Morgan fingerprint density at radius 3 is 1.12 bits per heavy atom. The Morgan fingerprint density at radius 2 is 0.754 bits per heavy atom. The number of carbonyl (C=O) groups excluding carboxylic acids is 2. The summed E-state index contributed by atoms with van der Waals surface area (Å²) in [7, 11) is 0. The Morgan fingerprint density at radius 1 is 0.431 bits per heavy atom. The largest absolute Gasteiger partial charge is 0.462 e. The van der Waals surface area contributed by atoms with Crippen molar-refractivity contribution in [3.8, 4) is 0 Å². The number of hydrogen-bond acceptors (Lipinski definition) is 5. The van der Waals surface area contributed by atoms with Crippen LogP contribution >= 0.6 is 0 Å². The molecule has 0 saturated carbocycles. The zero-order chi connectivity index (χ0) is 47.4. The summed E-state index contributed by atoms with van der Waals surface area (Å²) in [5, 5.41) is 23.9. The van der Waals surface area contributed by atoms with E-state index in [9.17, 15) is 19.8 Å². The highest BCUT2D eigenvalue weighted by Gasteiger charge is 2.24. The van der Waals surface area contributed by atoms with Crippen molar-refractivity contribution in [2.75, 3.05) is 6.61 Å². The lowest BCUT2D eigenvalue weighted by Crippen LogP contribution is -2.46.